The number of likely N-dealkylation sites (N-methyl/N-ethyl adjacent to an activating group) is 1. The second kappa shape index (κ2) is 7.42. The lowest BCUT2D eigenvalue weighted by atomic mass is 9.80. The molecule has 2 aromatic rings. The van der Waals surface area contributed by atoms with Gasteiger partial charge in [-0.2, -0.15) is 0 Å². The fraction of sp³-hybridized carbons (Fsp3) is 0.350. The summed E-state index contributed by atoms with van der Waals surface area (Å²) in [6.45, 7) is 2.07. The summed E-state index contributed by atoms with van der Waals surface area (Å²) in [4.78, 5) is 15.2. The molecule has 0 spiro atoms. The number of nitrogens with zero attached hydrogens (tertiary/aromatic N) is 1. The molecule has 0 aliphatic heterocycles. The van der Waals surface area contributed by atoms with Gasteiger partial charge in [0.05, 0.1) is 12.6 Å². The number of benzene rings is 2. The smallest absolute Gasteiger partial charge is 0.183 e. The van der Waals surface area contributed by atoms with Crippen LogP contribution in [0.15, 0.2) is 54.6 Å². The Morgan fingerprint density at radius 3 is 2.13 bits per heavy atom. The van der Waals surface area contributed by atoms with Crippen molar-refractivity contribution in [2.24, 2.45) is 0 Å². The molecular formula is C20H25NO2. The first-order chi connectivity index (χ1) is 11.0. The number of rotatable bonds is 7. The van der Waals surface area contributed by atoms with E-state index in [1.165, 1.54) is 0 Å². The van der Waals surface area contributed by atoms with Crippen molar-refractivity contribution in [3.05, 3.63) is 65.7 Å². The zero-order valence-corrected chi connectivity index (χ0v) is 14.4. The van der Waals surface area contributed by atoms with Gasteiger partial charge < -0.3 is 4.74 Å². The van der Waals surface area contributed by atoms with E-state index in [4.69, 9.17) is 4.74 Å². The van der Waals surface area contributed by atoms with Crippen LogP contribution in [0.2, 0.25) is 0 Å². The number of ether oxygens (including phenoxy) is 1. The van der Waals surface area contributed by atoms with Crippen LogP contribution >= 0.6 is 0 Å². The molecule has 0 fully saturated rings. The minimum atomic E-state index is -0.546. The molecule has 0 aliphatic rings. The third-order valence-electron chi connectivity index (χ3n) is 4.56. The third-order valence-corrected chi connectivity index (χ3v) is 4.56. The maximum atomic E-state index is 13.2. The Labute approximate surface area is 138 Å². The number of carbonyl (C=O) groups is 1. The highest BCUT2D eigenvalue weighted by atomic mass is 16.5. The minimum Gasteiger partial charge on any atom is -0.497 e. The Kier molecular flexibility index (Phi) is 5.56. The van der Waals surface area contributed by atoms with Gasteiger partial charge in [-0.15, -0.1) is 0 Å². The molecule has 1 atom stereocenters. The van der Waals surface area contributed by atoms with Gasteiger partial charge in [0.1, 0.15) is 5.75 Å². The molecule has 0 aromatic heterocycles. The van der Waals surface area contributed by atoms with E-state index in [-0.39, 0.29) is 5.78 Å². The highest BCUT2D eigenvalue weighted by Gasteiger charge is 2.39. The highest BCUT2D eigenvalue weighted by Crippen LogP contribution is 2.28. The molecule has 122 valence electrons. The fourth-order valence-corrected chi connectivity index (χ4v) is 2.98. The van der Waals surface area contributed by atoms with E-state index in [1.54, 1.807) is 7.11 Å². The van der Waals surface area contributed by atoms with E-state index < -0.39 is 5.54 Å². The van der Waals surface area contributed by atoms with Crippen LogP contribution in [0.3, 0.4) is 0 Å². The van der Waals surface area contributed by atoms with Crippen LogP contribution in [0.25, 0.3) is 0 Å². The van der Waals surface area contributed by atoms with Gasteiger partial charge in [-0.05, 0) is 44.6 Å². The molecule has 23 heavy (non-hydrogen) atoms. The Balaban J connectivity index is 2.36. The van der Waals surface area contributed by atoms with Crippen molar-refractivity contribution in [2.75, 3.05) is 21.2 Å². The first-order valence-corrected chi connectivity index (χ1v) is 7.93. The van der Waals surface area contributed by atoms with Crippen LogP contribution in [0.1, 0.15) is 29.3 Å². The van der Waals surface area contributed by atoms with E-state index >= 15 is 0 Å². The predicted molar refractivity (Wildman–Crippen MR) is 94.2 cm³/mol. The summed E-state index contributed by atoms with van der Waals surface area (Å²) in [5.41, 5.74) is 1.35. The highest BCUT2D eigenvalue weighted by molar-refractivity contribution is 6.03. The molecule has 2 rings (SSSR count). The SMILES string of the molecule is CCC(Cc1ccc(OC)cc1)(C(=O)c1ccccc1)N(C)C. The van der Waals surface area contributed by atoms with Crippen molar-refractivity contribution in [3.8, 4) is 5.75 Å². The molecule has 0 radical (unpaired) electrons. The Morgan fingerprint density at radius 1 is 1.04 bits per heavy atom. The maximum absolute atomic E-state index is 13.2. The van der Waals surface area contributed by atoms with E-state index in [0.717, 1.165) is 23.3 Å². The van der Waals surface area contributed by atoms with E-state index in [0.29, 0.717) is 6.42 Å². The number of hydrogen-bond donors (Lipinski definition) is 0. The molecule has 1 unspecified atom stereocenters. The Morgan fingerprint density at radius 2 is 1.65 bits per heavy atom. The molecule has 0 bridgehead atoms. The van der Waals surface area contributed by atoms with Crippen LogP contribution in [-0.2, 0) is 6.42 Å². The van der Waals surface area contributed by atoms with E-state index in [9.17, 15) is 4.79 Å². The topological polar surface area (TPSA) is 29.5 Å². The van der Waals surface area contributed by atoms with Crippen LogP contribution in [-0.4, -0.2) is 37.4 Å². The van der Waals surface area contributed by atoms with Crippen molar-refractivity contribution in [2.45, 2.75) is 25.3 Å². The van der Waals surface area contributed by atoms with Gasteiger partial charge in [0.15, 0.2) is 5.78 Å². The second-order valence-electron chi connectivity index (χ2n) is 6.00. The molecule has 0 N–H and O–H groups in total. The molecule has 0 saturated heterocycles. The lowest BCUT2D eigenvalue weighted by Crippen LogP contribution is -2.52. The van der Waals surface area contributed by atoms with Gasteiger partial charge in [-0.1, -0.05) is 49.4 Å². The maximum Gasteiger partial charge on any atom is 0.183 e. The molecule has 0 heterocycles. The van der Waals surface area contributed by atoms with Crippen LogP contribution in [0.5, 0.6) is 5.75 Å². The summed E-state index contributed by atoms with van der Waals surface area (Å²) in [5.74, 6) is 0.997. The number of hydrogen-bond acceptors (Lipinski definition) is 3. The quantitative estimate of drug-likeness (QED) is 0.728. The molecule has 3 nitrogen and oxygen atoms in total. The Hall–Kier alpha value is -2.13. The zero-order valence-electron chi connectivity index (χ0n) is 14.4. The van der Waals surface area contributed by atoms with Crippen molar-refractivity contribution < 1.29 is 9.53 Å². The van der Waals surface area contributed by atoms with Crippen LogP contribution < -0.4 is 4.74 Å². The van der Waals surface area contributed by atoms with Gasteiger partial charge in [0.25, 0.3) is 0 Å². The number of Topliss-reactive ketones (excluding diaryl/α,β-unsaturated/α-hetero) is 1. The monoisotopic (exact) mass is 311 g/mol. The first kappa shape index (κ1) is 17.2. The molecule has 0 saturated carbocycles. The van der Waals surface area contributed by atoms with Crippen LogP contribution in [0.4, 0.5) is 0 Å². The minimum absolute atomic E-state index is 0.168. The molecule has 0 amide bonds. The number of carbonyl (C=O) groups excluding carboxylic acids is 1. The summed E-state index contributed by atoms with van der Waals surface area (Å²) >= 11 is 0. The van der Waals surface area contributed by atoms with Crippen molar-refractivity contribution in [1.29, 1.82) is 0 Å². The molecule has 3 heteroatoms. The average Bonchev–Trinajstić information content (AvgIpc) is 2.60. The third kappa shape index (κ3) is 3.62. The van der Waals surface area contributed by atoms with Crippen molar-refractivity contribution in [1.82, 2.24) is 4.90 Å². The molecule has 0 aliphatic carbocycles. The van der Waals surface area contributed by atoms with E-state index in [2.05, 4.69) is 6.92 Å². The summed E-state index contributed by atoms with van der Waals surface area (Å²) < 4.78 is 5.21. The van der Waals surface area contributed by atoms with Gasteiger partial charge in [0, 0.05) is 5.56 Å². The van der Waals surface area contributed by atoms with Gasteiger partial charge in [-0.3, -0.25) is 9.69 Å². The standard InChI is InChI=1S/C20H25NO2/c1-5-20(21(2)3,19(22)17-9-7-6-8-10-17)15-16-11-13-18(23-4)14-12-16/h6-14H,5,15H2,1-4H3. The van der Waals surface area contributed by atoms with Gasteiger partial charge in [-0.25, -0.2) is 0 Å². The van der Waals surface area contributed by atoms with Gasteiger partial charge in [0.2, 0.25) is 0 Å². The Bertz CT molecular complexity index is 634. The summed E-state index contributed by atoms with van der Waals surface area (Å²) in [7, 11) is 5.62. The normalized spacial score (nSPS) is 13.6. The van der Waals surface area contributed by atoms with E-state index in [1.807, 2.05) is 73.6 Å². The molecule has 2 aromatic carbocycles. The largest absolute Gasteiger partial charge is 0.497 e. The summed E-state index contributed by atoms with van der Waals surface area (Å²) in [6, 6.07) is 17.5. The fourth-order valence-electron chi connectivity index (χ4n) is 2.98. The lowest BCUT2D eigenvalue weighted by Gasteiger charge is -2.38. The predicted octanol–water partition coefficient (Wildman–Crippen LogP) is 3.83. The average molecular weight is 311 g/mol. The summed E-state index contributed by atoms with van der Waals surface area (Å²) in [5, 5.41) is 0. The number of ketones is 1. The van der Waals surface area contributed by atoms with Crippen molar-refractivity contribution >= 4 is 5.78 Å². The van der Waals surface area contributed by atoms with Crippen molar-refractivity contribution in [3.63, 3.8) is 0 Å². The van der Waals surface area contributed by atoms with Gasteiger partial charge >= 0.3 is 0 Å². The van der Waals surface area contributed by atoms with Crippen LogP contribution in [0, 0.1) is 0 Å². The zero-order chi connectivity index (χ0) is 16.9. The number of methoxy groups -OCH3 is 1. The summed E-state index contributed by atoms with van der Waals surface area (Å²) in [6.07, 6.45) is 1.42. The lowest BCUT2D eigenvalue weighted by molar-refractivity contribution is 0.0666. The second-order valence-corrected chi connectivity index (χ2v) is 6.00. The molecular weight excluding hydrogens is 286 g/mol. The first-order valence-electron chi connectivity index (χ1n) is 7.93.